The van der Waals surface area contributed by atoms with E-state index in [2.05, 4.69) is 51.7 Å². The van der Waals surface area contributed by atoms with Gasteiger partial charge >= 0.3 is 0 Å². The highest BCUT2D eigenvalue weighted by atomic mass is 15.2. The molecule has 0 spiro atoms. The minimum atomic E-state index is 0.844. The van der Waals surface area contributed by atoms with E-state index in [4.69, 9.17) is 0 Å². The number of nitrogens with zero attached hydrogens (tertiary/aromatic N) is 2. The summed E-state index contributed by atoms with van der Waals surface area (Å²) < 4.78 is 0. The minimum absolute atomic E-state index is 0.844. The van der Waals surface area contributed by atoms with Crippen LogP contribution in [-0.4, -0.2) is 37.0 Å². The van der Waals surface area contributed by atoms with Gasteiger partial charge in [-0.05, 0) is 43.0 Å². The maximum absolute atomic E-state index is 4.36. The fourth-order valence-corrected chi connectivity index (χ4v) is 3.02. The number of piperidine rings is 1. The Morgan fingerprint density at radius 2 is 2.10 bits per heavy atom. The summed E-state index contributed by atoms with van der Waals surface area (Å²) in [7, 11) is 0. The normalized spacial score (nSPS) is 20.1. The second-order valence-corrected chi connectivity index (χ2v) is 6.29. The van der Waals surface area contributed by atoms with Crippen molar-refractivity contribution in [1.82, 2.24) is 15.5 Å². The number of likely N-dealkylation sites (tertiary alicyclic amines) is 1. The Kier molecular flexibility index (Phi) is 4.76. The summed E-state index contributed by atoms with van der Waals surface area (Å²) in [6.45, 7) is 8.61. The van der Waals surface area contributed by atoms with Gasteiger partial charge in [0.1, 0.15) is 0 Å². The van der Waals surface area contributed by atoms with Gasteiger partial charge in [0.05, 0.1) is 6.54 Å². The third-order valence-corrected chi connectivity index (χ3v) is 4.41. The van der Waals surface area contributed by atoms with Crippen LogP contribution in [0.5, 0.6) is 0 Å². The molecule has 0 saturated carbocycles. The number of hydrogen-bond acceptors (Lipinski definition) is 4. The van der Waals surface area contributed by atoms with E-state index in [1.54, 1.807) is 0 Å². The molecule has 0 bridgehead atoms. The van der Waals surface area contributed by atoms with E-state index in [0.29, 0.717) is 0 Å². The molecule has 0 amide bonds. The van der Waals surface area contributed by atoms with Gasteiger partial charge in [0.2, 0.25) is 0 Å². The molecular weight excluding hydrogens is 260 g/mol. The van der Waals surface area contributed by atoms with Crippen molar-refractivity contribution in [2.45, 2.75) is 32.9 Å². The highest BCUT2D eigenvalue weighted by molar-refractivity contribution is 5.81. The fourth-order valence-electron chi connectivity index (χ4n) is 3.02. The molecule has 0 aromatic heterocycles. The van der Waals surface area contributed by atoms with Gasteiger partial charge in [-0.25, -0.2) is 0 Å². The Bertz CT molecular complexity index is 489. The first-order valence-corrected chi connectivity index (χ1v) is 8.12. The van der Waals surface area contributed by atoms with E-state index >= 15 is 0 Å². The summed E-state index contributed by atoms with van der Waals surface area (Å²) in [6, 6.07) is 8.92. The van der Waals surface area contributed by atoms with Crippen LogP contribution in [0.4, 0.5) is 0 Å². The summed E-state index contributed by atoms with van der Waals surface area (Å²) in [4.78, 5) is 6.94. The molecule has 4 heteroatoms. The first kappa shape index (κ1) is 14.4. The van der Waals surface area contributed by atoms with Gasteiger partial charge in [-0.15, -0.1) is 0 Å². The maximum atomic E-state index is 4.36. The molecule has 0 unspecified atom stereocenters. The number of guanidine groups is 1. The molecule has 2 aliphatic heterocycles. The molecule has 2 heterocycles. The summed E-state index contributed by atoms with van der Waals surface area (Å²) in [5, 5.41) is 6.60. The van der Waals surface area contributed by atoms with E-state index in [-0.39, 0.29) is 0 Å². The summed E-state index contributed by atoms with van der Waals surface area (Å²) >= 11 is 0. The first-order valence-electron chi connectivity index (χ1n) is 8.12. The van der Waals surface area contributed by atoms with E-state index in [9.17, 15) is 0 Å². The van der Waals surface area contributed by atoms with Crippen molar-refractivity contribution in [2.75, 3.05) is 26.2 Å². The molecule has 3 rings (SSSR count). The van der Waals surface area contributed by atoms with Crippen LogP contribution in [0.2, 0.25) is 0 Å². The molecule has 2 N–H and O–H groups in total. The Hall–Kier alpha value is -1.55. The van der Waals surface area contributed by atoms with Crippen LogP contribution in [-0.2, 0) is 13.1 Å². The fraction of sp³-hybridized carbons (Fsp3) is 0.588. The minimum Gasteiger partial charge on any atom is -0.355 e. The van der Waals surface area contributed by atoms with Crippen LogP contribution in [0.3, 0.4) is 0 Å². The average Bonchev–Trinajstić information content (AvgIpc) is 3.01. The third-order valence-electron chi connectivity index (χ3n) is 4.41. The molecule has 1 aromatic carbocycles. The summed E-state index contributed by atoms with van der Waals surface area (Å²) in [6.07, 6.45) is 2.68. The lowest BCUT2D eigenvalue weighted by Gasteiger charge is -2.30. The Balaban J connectivity index is 1.52. The van der Waals surface area contributed by atoms with E-state index in [0.717, 1.165) is 38.1 Å². The lowest BCUT2D eigenvalue weighted by molar-refractivity contribution is 0.185. The van der Waals surface area contributed by atoms with Crippen molar-refractivity contribution in [2.24, 2.45) is 10.9 Å². The van der Waals surface area contributed by atoms with Crippen molar-refractivity contribution in [3.8, 4) is 0 Å². The molecule has 21 heavy (non-hydrogen) atoms. The van der Waals surface area contributed by atoms with Crippen LogP contribution < -0.4 is 10.6 Å². The van der Waals surface area contributed by atoms with Crippen LogP contribution in [0, 0.1) is 5.92 Å². The Labute approximate surface area is 127 Å². The van der Waals surface area contributed by atoms with Gasteiger partial charge < -0.3 is 10.6 Å². The van der Waals surface area contributed by atoms with Crippen molar-refractivity contribution in [1.29, 1.82) is 0 Å². The molecule has 0 radical (unpaired) electrons. The highest BCUT2D eigenvalue weighted by Gasteiger charge is 2.15. The number of benzene rings is 1. The lowest BCUT2D eigenvalue weighted by atomic mass is 9.98. The molecule has 2 aliphatic rings. The van der Waals surface area contributed by atoms with Crippen LogP contribution in [0.15, 0.2) is 29.3 Å². The molecule has 1 fully saturated rings. The first-order chi connectivity index (χ1) is 10.3. The number of hydrogen-bond donors (Lipinski definition) is 2. The van der Waals surface area contributed by atoms with Crippen LogP contribution in [0.1, 0.15) is 30.9 Å². The Morgan fingerprint density at radius 3 is 2.86 bits per heavy atom. The molecule has 0 aliphatic carbocycles. The van der Waals surface area contributed by atoms with Crippen molar-refractivity contribution >= 4 is 5.96 Å². The third kappa shape index (κ3) is 4.21. The summed E-state index contributed by atoms with van der Waals surface area (Å²) in [5.41, 5.74) is 2.75. The number of aliphatic imine (C=N–C) groups is 1. The largest absolute Gasteiger partial charge is 0.355 e. The van der Waals surface area contributed by atoms with Gasteiger partial charge in [0, 0.05) is 19.6 Å². The van der Waals surface area contributed by atoms with Crippen LogP contribution >= 0.6 is 0 Å². The molecule has 1 aromatic rings. The predicted octanol–water partition coefficient (Wildman–Crippen LogP) is 1.97. The lowest BCUT2D eigenvalue weighted by Crippen LogP contribution is -2.33. The van der Waals surface area contributed by atoms with Gasteiger partial charge in [-0.2, -0.15) is 0 Å². The van der Waals surface area contributed by atoms with Crippen molar-refractivity contribution in [3.05, 3.63) is 35.4 Å². The molecule has 114 valence electrons. The zero-order valence-electron chi connectivity index (χ0n) is 12.9. The zero-order chi connectivity index (χ0) is 14.5. The second kappa shape index (κ2) is 6.94. The zero-order valence-corrected chi connectivity index (χ0v) is 12.9. The van der Waals surface area contributed by atoms with Gasteiger partial charge in [-0.3, -0.25) is 9.89 Å². The van der Waals surface area contributed by atoms with E-state index in [1.807, 2.05) is 0 Å². The molecule has 4 nitrogen and oxygen atoms in total. The van der Waals surface area contributed by atoms with E-state index < -0.39 is 0 Å². The molecule has 0 atom stereocenters. The SMILES string of the molecule is CC1CCN(Cc2cccc(CNC3=NCCN3)c2)CC1. The van der Waals surface area contributed by atoms with Gasteiger partial charge in [0.15, 0.2) is 5.96 Å². The maximum Gasteiger partial charge on any atom is 0.191 e. The predicted molar refractivity (Wildman–Crippen MR) is 87.3 cm³/mol. The monoisotopic (exact) mass is 286 g/mol. The van der Waals surface area contributed by atoms with Gasteiger partial charge in [-0.1, -0.05) is 31.2 Å². The average molecular weight is 286 g/mol. The van der Waals surface area contributed by atoms with Crippen molar-refractivity contribution in [3.63, 3.8) is 0 Å². The van der Waals surface area contributed by atoms with Crippen molar-refractivity contribution < 1.29 is 0 Å². The Morgan fingerprint density at radius 1 is 1.29 bits per heavy atom. The smallest absolute Gasteiger partial charge is 0.191 e. The summed E-state index contributed by atoms with van der Waals surface area (Å²) in [5.74, 6) is 1.84. The molecular formula is C17H26N4. The number of nitrogens with one attached hydrogen (secondary N) is 2. The van der Waals surface area contributed by atoms with Crippen LogP contribution in [0.25, 0.3) is 0 Å². The second-order valence-electron chi connectivity index (χ2n) is 6.29. The van der Waals surface area contributed by atoms with E-state index in [1.165, 1.54) is 37.1 Å². The quantitative estimate of drug-likeness (QED) is 0.889. The standard InChI is InChI=1S/C17H26N4/c1-14-5-9-21(10-6-14)13-16-4-2-3-15(11-16)12-20-17-18-7-8-19-17/h2-4,11,14H,5-10,12-13H2,1H3,(H2,18,19,20). The topological polar surface area (TPSA) is 39.7 Å². The molecule has 1 saturated heterocycles. The highest BCUT2D eigenvalue weighted by Crippen LogP contribution is 2.18. The van der Waals surface area contributed by atoms with Gasteiger partial charge in [0.25, 0.3) is 0 Å². The number of rotatable bonds is 4.